The first-order valence-corrected chi connectivity index (χ1v) is 8.80. The number of hydroxylamine groups is 2. The van der Waals surface area contributed by atoms with Gasteiger partial charge in [-0.25, -0.2) is 0 Å². The minimum atomic E-state index is -4.60. The summed E-state index contributed by atoms with van der Waals surface area (Å²) in [5.41, 5.74) is -3.04. The van der Waals surface area contributed by atoms with Gasteiger partial charge in [-0.2, -0.15) is 13.2 Å². The Bertz CT molecular complexity index is 685. The lowest BCUT2D eigenvalue weighted by Crippen LogP contribution is -2.49. The zero-order valence-corrected chi connectivity index (χ0v) is 16.1. The van der Waals surface area contributed by atoms with Crippen LogP contribution in [0.2, 0.25) is 0 Å². The number of rotatable bonds is 10. The Morgan fingerprint density at radius 2 is 1.66 bits per heavy atom. The minimum absolute atomic E-state index is 0.0378. The Kier molecular flexibility index (Phi) is 8.80. The van der Waals surface area contributed by atoms with Gasteiger partial charge in [0.15, 0.2) is 5.41 Å². The third-order valence-electron chi connectivity index (χ3n) is 4.32. The molecule has 1 atom stereocenters. The van der Waals surface area contributed by atoms with E-state index in [0.29, 0.717) is 0 Å². The van der Waals surface area contributed by atoms with Crippen LogP contribution in [0.25, 0.3) is 0 Å². The van der Waals surface area contributed by atoms with Gasteiger partial charge in [-0.3, -0.25) is 14.8 Å². The van der Waals surface area contributed by atoms with Crippen LogP contribution < -0.4 is 0 Å². The van der Waals surface area contributed by atoms with Crippen LogP contribution in [0.3, 0.4) is 0 Å². The van der Waals surface area contributed by atoms with Crippen molar-refractivity contribution in [3.05, 3.63) is 53.3 Å². The molecule has 0 aliphatic rings. The number of benzene rings is 1. The van der Waals surface area contributed by atoms with Crippen molar-refractivity contribution in [1.29, 1.82) is 0 Å². The Labute approximate surface area is 166 Å². The Morgan fingerprint density at radius 1 is 1.17 bits per heavy atom. The lowest BCUT2D eigenvalue weighted by atomic mass is 9.69. The second kappa shape index (κ2) is 10.4. The van der Waals surface area contributed by atoms with Gasteiger partial charge in [0.05, 0.1) is 18.8 Å². The van der Waals surface area contributed by atoms with E-state index < -0.39 is 46.8 Å². The summed E-state index contributed by atoms with van der Waals surface area (Å²) in [5, 5.41) is 20.2. The summed E-state index contributed by atoms with van der Waals surface area (Å²) in [6.07, 6.45) is -3.70. The van der Waals surface area contributed by atoms with Crippen molar-refractivity contribution < 1.29 is 37.4 Å². The molecule has 1 unspecified atom stereocenters. The molecule has 162 valence electrons. The van der Waals surface area contributed by atoms with Gasteiger partial charge < -0.3 is 19.9 Å². The van der Waals surface area contributed by atoms with Crippen LogP contribution in [0, 0.1) is 10.6 Å². The number of halogens is 3. The van der Waals surface area contributed by atoms with Crippen molar-refractivity contribution in [2.45, 2.75) is 32.4 Å². The van der Waals surface area contributed by atoms with Crippen molar-refractivity contribution in [3.63, 3.8) is 0 Å². The summed E-state index contributed by atoms with van der Waals surface area (Å²) in [6, 6.07) is 3.58. The van der Waals surface area contributed by atoms with Crippen LogP contribution in [-0.2, 0) is 25.2 Å². The van der Waals surface area contributed by atoms with E-state index in [1.807, 2.05) is 0 Å². The third-order valence-corrected chi connectivity index (χ3v) is 4.32. The van der Waals surface area contributed by atoms with E-state index in [9.17, 15) is 33.2 Å². The van der Waals surface area contributed by atoms with Gasteiger partial charge in [-0.15, -0.1) is 6.58 Å². The number of alkyl halides is 3. The summed E-state index contributed by atoms with van der Waals surface area (Å²) in [6.45, 7) is 5.52. The van der Waals surface area contributed by atoms with Crippen molar-refractivity contribution in [1.82, 2.24) is 5.23 Å². The first-order valence-electron chi connectivity index (χ1n) is 8.80. The number of ether oxygens (including phenoxy) is 2. The standard InChI is InChI=1S/C19H23F3NO6/c1-4-11-18(16(24)28-5-2,17(25)29-6-3)15(12-23(26)27)13-7-9-14(10-8-13)19(20,21)22/h4,7-10,15,26H,1,5-6,11-12H2,2-3H3/q-1. The molecule has 0 aliphatic heterocycles. The zero-order valence-electron chi connectivity index (χ0n) is 16.1. The fourth-order valence-corrected chi connectivity index (χ4v) is 3.03. The highest BCUT2D eigenvalue weighted by Crippen LogP contribution is 2.43. The van der Waals surface area contributed by atoms with E-state index in [0.717, 1.165) is 24.3 Å². The molecule has 0 saturated heterocycles. The van der Waals surface area contributed by atoms with Crippen molar-refractivity contribution in [3.8, 4) is 0 Å². The molecule has 1 aromatic carbocycles. The normalized spacial score (nSPS) is 13.1. The molecule has 0 amide bonds. The van der Waals surface area contributed by atoms with E-state index in [1.165, 1.54) is 19.9 Å². The molecular weight excluding hydrogens is 395 g/mol. The van der Waals surface area contributed by atoms with Gasteiger partial charge in [0.1, 0.15) is 0 Å². The Balaban J connectivity index is 3.65. The maximum atomic E-state index is 12.9. The van der Waals surface area contributed by atoms with Crippen molar-refractivity contribution >= 4 is 11.9 Å². The molecule has 0 fully saturated rings. The van der Waals surface area contributed by atoms with E-state index in [-0.39, 0.29) is 25.2 Å². The SMILES string of the molecule is C=CCC(C(=O)OCC)(C(=O)OCC)C(CN([O-])O)c1ccc(C(F)(F)F)cc1. The van der Waals surface area contributed by atoms with Gasteiger partial charge in [-0.1, -0.05) is 18.2 Å². The average molecular weight is 418 g/mol. The molecule has 1 rings (SSSR count). The first kappa shape index (κ1) is 24.6. The Morgan fingerprint density at radius 3 is 2.00 bits per heavy atom. The fraction of sp³-hybridized carbons (Fsp3) is 0.474. The van der Waals surface area contributed by atoms with Gasteiger partial charge in [0.25, 0.3) is 0 Å². The fourth-order valence-electron chi connectivity index (χ4n) is 3.03. The third kappa shape index (κ3) is 5.78. The highest BCUT2D eigenvalue weighted by Gasteiger charge is 2.54. The molecule has 1 aromatic rings. The number of allylic oxidation sites excluding steroid dienone is 1. The largest absolute Gasteiger partial charge is 0.762 e. The molecule has 29 heavy (non-hydrogen) atoms. The van der Waals surface area contributed by atoms with E-state index in [4.69, 9.17) is 9.47 Å². The molecule has 0 spiro atoms. The van der Waals surface area contributed by atoms with Gasteiger partial charge in [0.2, 0.25) is 0 Å². The first-order chi connectivity index (χ1) is 13.5. The van der Waals surface area contributed by atoms with Crippen LogP contribution in [0.4, 0.5) is 13.2 Å². The van der Waals surface area contributed by atoms with Gasteiger partial charge in [-0.05, 0) is 38.0 Å². The van der Waals surface area contributed by atoms with Gasteiger partial charge in [0, 0.05) is 12.5 Å². The van der Waals surface area contributed by atoms with Gasteiger partial charge >= 0.3 is 18.1 Å². The van der Waals surface area contributed by atoms with E-state index >= 15 is 0 Å². The number of carbonyl (C=O) groups excluding carboxylic acids is 2. The molecule has 0 aliphatic carbocycles. The van der Waals surface area contributed by atoms with Crippen molar-refractivity contribution in [2.75, 3.05) is 19.8 Å². The van der Waals surface area contributed by atoms with Crippen LogP contribution >= 0.6 is 0 Å². The minimum Gasteiger partial charge on any atom is -0.762 e. The zero-order chi connectivity index (χ0) is 22.2. The lowest BCUT2D eigenvalue weighted by Gasteiger charge is -2.38. The topological polar surface area (TPSA) is 99.1 Å². The molecular formula is C19H23F3NO6-. The summed E-state index contributed by atoms with van der Waals surface area (Å²) < 4.78 is 48.7. The second-order valence-corrected chi connectivity index (χ2v) is 6.11. The molecule has 7 nitrogen and oxygen atoms in total. The highest BCUT2D eigenvalue weighted by atomic mass is 19.4. The lowest BCUT2D eigenvalue weighted by molar-refractivity contribution is -0.176. The summed E-state index contributed by atoms with van der Waals surface area (Å²) >= 11 is 0. The highest BCUT2D eigenvalue weighted by molar-refractivity contribution is 6.01. The maximum absolute atomic E-state index is 12.9. The number of hydrogen-bond donors (Lipinski definition) is 1. The van der Waals surface area contributed by atoms with Crippen LogP contribution in [-0.4, -0.2) is 42.1 Å². The summed E-state index contributed by atoms with van der Waals surface area (Å²) in [5.74, 6) is -3.45. The molecule has 0 saturated carbocycles. The van der Waals surface area contributed by atoms with Crippen LogP contribution in [0.15, 0.2) is 36.9 Å². The monoisotopic (exact) mass is 418 g/mol. The predicted octanol–water partition coefficient (Wildman–Crippen LogP) is 3.67. The van der Waals surface area contributed by atoms with Crippen LogP contribution in [0.5, 0.6) is 0 Å². The van der Waals surface area contributed by atoms with Crippen LogP contribution in [0.1, 0.15) is 37.3 Å². The molecule has 1 N–H and O–H groups in total. The summed E-state index contributed by atoms with van der Waals surface area (Å²) in [4.78, 5) is 25.7. The number of esters is 2. The predicted molar refractivity (Wildman–Crippen MR) is 96.6 cm³/mol. The number of carbonyl (C=O) groups is 2. The second-order valence-electron chi connectivity index (χ2n) is 6.11. The molecule has 10 heteroatoms. The van der Waals surface area contributed by atoms with E-state index in [2.05, 4.69) is 6.58 Å². The Hall–Kier alpha value is -2.43. The number of nitrogens with zero attached hydrogens (tertiary/aromatic N) is 1. The molecule has 0 heterocycles. The maximum Gasteiger partial charge on any atom is 0.416 e. The van der Waals surface area contributed by atoms with E-state index in [1.54, 1.807) is 0 Å². The molecule has 0 radical (unpaired) electrons. The quantitative estimate of drug-likeness (QED) is 0.268. The smallest absolute Gasteiger partial charge is 0.416 e. The molecule has 0 bridgehead atoms. The number of hydrogen-bond acceptors (Lipinski definition) is 7. The van der Waals surface area contributed by atoms with Crippen molar-refractivity contribution in [2.24, 2.45) is 5.41 Å². The molecule has 0 aromatic heterocycles. The average Bonchev–Trinajstić information content (AvgIpc) is 2.64. The summed E-state index contributed by atoms with van der Waals surface area (Å²) in [7, 11) is 0.